The second kappa shape index (κ2) is 7.84. The zero-order chi connectivity index (χ0) is 16.9. The molecule has 2 saturated heterocycles. The molecule has 1 aromatic rings. The van der Waals surface area contributed by atoms with Crippen LogP contribution in [0.3, 0.4) is 0 Å². The van der Waals surface area contributed by atoms with E-state index in [1.165, 1.54) is 0 Å². The number of halogens is 1. The highest BCUT2D eigenvalue weighted by atomic mass is 35.5. The zero-order valence-corrected chi connectivity index (χ0v) is 14.3. The van der Waals surface area contributed by atoms with Gasteiger partial charge in [-0.3, -0.25) is 4.90 Å². The monoisotopic (exact) mass is 348 g/mol. The first-order valence-corrected chi connectivity index (χ1v) is 8.59. The van der Waals surface area contributed by atoms with Crippen molar-refractivity contribution in [2.75, 3.05) is 51.3 Å². The quantitative estimate of drug-likeness (QED) is 0.910. The maximum atomic E-state index is 12.4. The number of carbonyl (C=O) groups is 1. The van der Waals surface area contributed by atoms with Crippen LogP contribution in [-0.4, -0.2) is 61.8 Å². The van der Waals surface area contributed by atoms with Crippen molar-refractivity contribution >= 4 is 23.3 Å². The summed E-state index contributed by atoms with van der Waals surface area (Å²) in [4.78, 5) is 16.6. The molecule has 7 heteroatoms. The molecule has 2 heterocycles. The lowest BCUT2D eigenvalue weighted by Gasteiger charge is -2.29. The van der Waals surface area contributed by atoms with Crippen LogP contribution >= 0.6 is 11.6 Å². The number of hydrogen-bond acceptors (Lipinski definition) is 4. The van der Waals surface area contributed by atoms with Crippen molar-refractivity contribution in [3.8, 4) is 6.07 Å². The Bertz CT molecular complexity index is 640. The Hall–Kier alpha value is -1.81. The molecule has 0 aromatic heterocycles. The molecule has 0 radical (unpaired) electrons. The van der Waals surface area contributed by atoms with E-state index in [0.717, 1.165) is 52.4 Å². The number of carbonyl (C=O) groups excluding carboxylic acids is 1. The van der Waals surface area contributed by atoms with Crippen molar-refractivity contribution < 1.29 is 9.53 Å². The third kappa shape index (κ3) is 4.18. The number of nitrogens with one attached hydrogen (secondary N) is 1. The van der Waals surface area contributed by atoms with Crippen LogP contribution in [0, 0.1) is 17.2 Å². The number of benzene rings is 1. The van der Waals surface area contributed by atoms with Gasteiger partial charge in [-0.15, -0.1) is 0 Å². The lowest BCUT2D eigenvalue weighted by molar-refractivity contribution is 0.0314. The summed E-state index contributed by atoms with van der Waals surface area (Å²) in [5.74, 6) is 0.512. The van der Waals surface area contributed by atoms with E-state index in [-0.39, 0.29) is 6.03 Å². The first-order valence-electron chi connectivity index (χ1n) is 8.21. The average Bonchev–Trinajstić information content (AvgIpc) is 3.04. The molecule has 1 aromatic carbocycles. The fraction of sp³-hybridized carbons (Fsp3) is 0.529. The van der Waals surface area contributed by atoms with Gasteiger partial charge in [-0.2, -0.15) is 5.26 Å². The van der Waals surface area contributed by atoms with E-state index in [2.05, 4.69) is 10.2 Å². The molecule has 128 valence electrons. The van der Waals surface area contributed by atoms with Crippen LogP contribution in [0.1, 0.15) is 12.0 Å². The number of morpholine rings is 1. The van der Waals surface area contributed by atoms with Crippen LogP contribution in [0.25, 0.3) is 0 Å². The maximum absolute atomic E-state index is 12.4. The van der Waals surface area contributed by atoms with Gasteiger partial charge in [0.25, 0.3) is 0 Å². The van der Waals surface area contributed by atoms with Gasteiger partial charge in [-0.05, 0) is 30.5 Å². The first kappa shape index (κ1) is 17.0. The minimum atomic E-state index is -0.111. The Balaban J connectivity index is 1.51. The molecular weight excluding hydrogens is 328 g/mol. The van der Waals surface area contributed by atoms with E-state index in [0.29, 0.717) is 22.2 Å². The Morgan fingerprint density at radius 3 is 2.88 bits per heavy atom. The van der Waals surface area contributed by atoms with Crippen molar-refractivity contribution in [3.63, 3.8) is 0 Å². The molecule has 0 saturated carbocycles. The van der Waals surface area contributed by atoms with Gasteiger partial charge in [0, 0.05) is 38.4 Å². The minimum absolute atomic E-state index is 0.111. The number of nitriles is 1. The van der Waals surface area contributed by atoms with E-state index in [4.69, 9.17) is 21.6 Å². The summed E-state index contributed by atoms with van der Waals surface area (Å²) in [6.45, 7) is 6.12. The zero-order valence-electron chi connectivity index (χ0n) is 13.5. The second-order valence-corrected chi connectivity index (χ2v) is 6.66. The van der Waals surface area contributed by atoms with E-state index >= 15 is 0 Å². The molecule has 0 bridgehead atoms. The highest BCUT2D eigenvalue weighted by Gasteiger charge is 2.28. The fourth-order valence-corrected chi connectivity index (χ4v) is 3.42. The van der Waals surface area contributed by atoms with Crippen molar-refractivity contribution in [2.24, 2.45) is 5.92 Å². The number of nitrogens with zero attached hydrogens (tertiary/aromatic N) is 3. The standard InChI is InChI=1S/C17H21ClN4O2/c18-16-9-15(2-1-14(16)10-19)20-17(23)22-4-3-13(12-22)11-21-5-7-24-8-6-21/h1-2,9,13H,3-8,11-12H2,(H,20,23). The number of rotatable bonds is 3. The second-order valence-electron chi connectivity index (χ2n) is 6.25. The van der Waals surface area contributed by atoms with Gasteiger partial charge in [0.1, 0.15) is 6.07 Å². The smallest absolute Gasteiger partial charge is 0.321 e. The fourth-order valence-electron chi connectivity index (χ4n) is 3.20. The molecule has 6 nitrogen and oxygen atoms in total. The average molecular weight is 349 g/mol. The van der Waals surface area contributed by atoms with Crippen LogP contribution < -0.4 is 5.32 Å². The van der Waals surface area contributed by atoms with E-state index in [1.807, 2.05) is 11.0 Å². The molecule has 2 aliphatic heterocycles. The number of urea groups is 1. The third-order valence-electron chi connectivity index (χ3n) is 4.53. The first-order chi connectivity index (χ1) is 11.7. The van der Waals surface area contributed by atoms with Crippen LogP contribution in [0.15, 0.2) is 18.2 Å². The van der Waals surface area contributed by atoms with Crippen LogP contribution in [-0.2, 0) is 4.74 Å². The summed E-state index contributed by atoms with van der Waals surface area (Å²) < 4.78 is 5.37. The molecule has 3 rings (SSSR count). The summed E-state index contributed by atoms with van der Waals surface area (Å²) in [7, 11) is 0. The maximum Gasteiger partial charge on any atom is 0.321 e. The third-order valence-corrected chi connectivity index (χ3v) is 4.85. The summed E-state index contributed by atoms with van der Waals surface area (Å²) >= 11 is 6.00. The van der Waals surface area contributed by atoms with E-state index in [1.54, 1.807) is 18.2 Å². The van der Waals surface area contributed by atoms with Crippen molar-refractivity contribution in [2.45, 2.75) is 6.42 Å². The van der Waals surface area contributed by atoms with E-state index in [9.17, 15) is 4.79 Å². The van der Waals surface area contributed by atoms with Crippen molar-refractivity contribution in [3.05, 3.63) is 28.8 Å². The van der Waals surface area contributed by atoms with Crippen LogP contribution in [0.5, 0.6) is 0 Å². The normalized spacial score (nSPS) is 21.5. The van der Waals surface area contributed by atoms with E-state index < -0.39 is 0 Å². The topological polar surface area (TPSA) is 68.6 Å². The van der Waals surface area contributed by atoms with Crippen molar-refractivity contribution in [1.29, 1.82) is 5.26 Å². The lowest BCUT2D eigenvalue weighted by atomic mass is 10.1. The molecular formula is C17H21ClN4O2. The predicted octanol–water partition coefficient (Wildman–Crippen LogP) is 2.40. The Labute approximate surface area is 146 Å². The van der Waals surface area contributed by atoms with Gasteiger partial charge in [-0.1, -0.05) is 11.6 Å². The largest absolute Gasteiger partial charge is 0.379 e. The predicted molar refractivity (Wildman–Crippen MR) is 92.1 cm³/mol. The Morgan fingerprint density at radius 1 is 1.38 bits per heavy atom. The molecule has 24 heavy (non-hydrogen) atoms. The Morgan fingerprint density at radius 2 is 2.17 bits per heavy atom. The lowest BCUT2D eigenvalue weighted by Crippen LogP contribution is -2.40. The summed E-state index contributed by atoms with van der Waals surface area (Å²) in [5.41, 5.74) is 1.02. The summed E-state index contributed by atoms with van der Waals surface area (Å²) in [6, 6.07) is 6.82. The van der Waals surface area contributed by atoms with Crippen LogP contribution in [0.2, 0.25) is 5.02 Å². The highest BCUT2D eigenvalue weighted by Crippen LogP contribution is 2.22. The van der Waals surface area contributed by atoms with Crippen LogP contribution in [0.4, 0.5) is 10.5 Å². The molecule has 0 aliphatic carbocycles. The number of hydrogen-bond donors (Lipinski definition) is 1. The highest BCUT2D eigenvalue weighted by molar-refractivity contribution is 6.32. The summed E-state index contributed by atoms with van der Waals surface area (Å²) in [6.07, 6.45) is 1.03. The SMILES string of the molecule is N#Cc1ccc(NC(=O)N2CCC(CN3CCOCC3)C2)cc1Cl. The van der Waals surface area contributed by atoms with Gasteiger partial charge in [0.15, 0.2) is 0 Å². The number of amides is 2. The molecule has 2 amide bonds. The molecule has 1 unspecified atom stereocenters. The van der Waals surface area contributed by atoms with Gasteiger partial charge in [-0.25, -0.2) is 4.79 Å². The Kier molecular flexibility index (Phi) is 5.56. The molecule has 0 spiro atoms. The number of ether oxygens (including phenoxy) is 1. The summed E-state index contributed by atoms with van der Waals surface area (Å²) in [5, 5.41) is 12.1. The molecule has 2 aliphatic rings. The minimum Gasteiger partial charge on any atom is -0.379 e. The van der Waals surface area contributed by atoms with Gasteiger partial charge >= 0.3 is 6.03 Å². The van der Waals surface area contributed by atoms with Gasteiger partial charge in [0.2, 0.25) is 0 Å². The van der Waals surface area contributed by atoms with Crippen molar-refractivity contribution in [1.82, 2.24) is 9.80 Å². The molecule has 2 fully saturated rings. The molecule has 1 N–H and O–H groups in total. The number of anilines is 1. The number of likely N-dealkylation sites (tertiary alicyclic amines) is 1. The molecule has 1 atom stereocenters. The van der Waals surface area contributed by atoms with Gasteiger partial charge < -0.3 is 15.0 Å². The van der Waals surface area contributed by atoms with Gasteiger partial charge in [0.05, 0.1) is 23.8 Å².